The van der Waals surface area contributed by atoms with Crippen molar-refractivity contribution in [2.45, 2.75) is 0 Å². The van der Waals surface area contributed by atoms with Gasteiger partial charge in [0.2, 0.25) is 0 Å². The van der Waals surface area contributed by atoms with Gasteiger partial charge in [-0.05, 0) is 0 Å². The van der Waals surface area contributed by atoms with Crippen molar-refractivity contribution in [1.29, 1.82) is 0 Å². The molecule has 6 N–H and O–H groups in total. The minimum absolute atomic E-state index is 0. The Bertz CT molecular complexity index is 144. The second-order valence-corrected chi connectivity index (χ2v) is 3.08. The van der Waals surface area contributed by atoms with Crippen molar-refractivity contribution in [1.82, 2.24) is 0 Å². The molecule has 0 spiro atoms. The van der Waals surface area contributed by atoms with Crippen molar-refractivity contribution in [3.05, 3.63) is 0 Å². The second kappa shape index (κ2) is 29.3. The van der Waals surface area contributed by atoms with E-state index in [0.29, 0.717) is 0 Å². The van der Waals surface area contributed by atoms with Crippen LogP contribution in [0.4, 0.5) is 0 Å². The van der Waals surface area contributed by atoms with E-state index in [0.717, 1.165) is 0 Å². The molecule has 16 heteroatoms. The van der Waals surface area contributed by atoms with Gasteiger partial charge in [0, 0.05) is 140 Å². The van der Waals surface area contributed by atoms with Crippen LogP contribution in [0.15, 0.2) is 0 Å². The number of rotatable bonds is 0. The third-order valence-electron chi connectivity index (χ3n) is 0. The molecular formula is H12Ba3EuKr2O8P2. The summed E-state index contributed by atoms with van der Waals surface area (Å²) in [5, 5.41) is 0. The molecule has 0 unspecified atom stereocenters. The first-order valence-corrected chi connectivity index (χ1v) is 4.70. The number of hydrogen-bond acceptors (Lipinski definition) is 2. The fraction of sp³-hybridized carbons (Fsp3) is 0. The van der Waals surface area contributed by atoms with Gasteiger partial charge in [0.1, 0.15) is 0 Å². The first-order chi connectivity index (χ1) is 4.00. The third kappa shape index (κ3) is 132. The zero-order valence-corrected chi connectivity index (χ0v) is 12.7. The largest absolute Gasteiger partial charge is 0 e. The van der Waals surface area contributed by atoms with Crippen molar-refractivity contribution in [3.8, 4) is 0 Å². The molecule has 0 aromatic heterocycles. The van der Waals surface area contributed by atoms with Crippen LogP contribution >= 0.6 is 15.6 Å². The maximum Gasteiger partial charge on any atom is 0 e. The summed E-state index contributed by atoms with van der Waals surface area (Å²) >= 11 is 0. The molecule has 0 aromatic carbocycles. The smallest absolute Gasteiger partial charge is 0 e. The summed E-state index contributed by atoms with van der Waals surface area (Å²) in [4.78, 5) is 43.1. The zero-order valence-electron chi connectivity index (χ0n) is 5.48. The van der Waals surface area contributed by atoms with Crippen molar-refractivity contribution in [3.63, 3.8) is 0 Å². The zero-order chi connectivity index (χ0) is 9.00. The molecule has 0 atom stereocenters. The van der Waals surface area contributed by atoms with Crippen LogP contribution in [0, 0.1) is 140 Å². The van der Waals surface area contributed by atoms with E-state index in [1.165, 1.54) is 0 Å². The molecule has 0 aromatic rings. The van der Waals surface area contributed by atoms with Crippen LogP contribution in [0.1, 0.15) is 0 Å². The summed E-state index contributed by atoms with van der Waals surface area (Å²) < 4.78 is 17.8. The Labute approximate surface area is 329 Å². The molecule has 0 rings (SSSR count). The monoisotopic (exact) mass is 936 g/mol. The molecule has 0 saturated carbocycles. The predicted molar refractivity (Wildman–Crippen MR) is 54.2 cm³/mol. The Balaban J connectivity index is -0.00000000970. The Kier molecular flexibility index (Phi) is 91.4. The Morgan fingerprint density at radius 1 is 0.562 bits per heavy atom. The van der Waals surface area contributed by atoms with Crippen molar-refractivity contribution < 1.29 is 179 Å². The van der Waals surface area contributed by atoms with Gasteiger partial charge in [-0.2, -0.15) is 0 Å². The van der Waals surface area contributed by atoms with Crippen molar-refractivity contribution in [2.24, 2.45) is 0 Å². The van der Waals surface area contributed by atoms with Crippen LogP contribution in [0.5, 0.6) is 0 Å². The van der Waals surface area contributed by atoms with Crippen LogP contribution in [0.3, 0.4) is 0 Å². The predicted octanol–water partition coefficient (Wildman–Crippen LogP) is -4.61. The fourth-order valence-corrected chi connectivity index (χ4v) is 0. The number of phosphoric acid groups is 2. The van der Waals surface area contributed by atoms with E-state index in [2.05, 4.69) is 0 Å². The molecule has 1 radical (unpaired) electrons. The SMILES string of the molecule is O=P(O)(O)O.O=P(O)(O)O.[BaH2].[BaH2].[BaH2].[Eu].[Kr].[Kr]. The standard InChI is InChI=1S/3Ba.Eu.2Kr.2H3O4P.6H/c;;;;;;2*1-5(2,3)4;;;;;;/h;;;;;;2*(H3,1,2,3,4);;;;;;. The van der Waals surface area contributed by atoms with E-state index < -0.39 is 15.6 Å². The summed E-state index contributed by atoms with van der Waals surface area (Å²) in [6.45, 7) is 0. The molecule has 0 aliphatic rings. The van der Waals surface area contributed by atoms with Gasteiger partial charge in [-0.3, -0.25) is 0 Å². The maximum atomic E-state index is 8.88. The quantitative estimate of drug-likeness (QED) is 0.105. The van der Waals surface area contributed by atoms with Gasteiger partial charge in [-0.15, -0.1) is 0 Å². The average Bonchev–Trinajstić information content (AvgIpc) is 1.12. The summed E-state index contributed by atoms with van der Waals surface area (Å²) in [5.74, 6) is 0. The van der Waals surface area contributed by atoms with E-state index in [1.807, 2.05) is 0 Å². The first-order valence-electron chi connectivity index (χ1n) is 1.57. The van der Waals surface area contributed by atoms with Crippen LogP contribution < -0.4 is 0 Å². The van der Waals surface area contributed by atoms with Gasteiger partial charge in [0.05, 0.1) is 0 Å². The summed E-state index contributed by atoms with van der Waals surface area (Å²) in [7, 11) is -9.28. The third-order valence-corrected chi connectivity index (χ3v) is 0. The van der Waals surface area contributed by atoms with E-state index in [-0.39, 0.29) is 287 Å². The van der Waals surface area contributed by atoms with Crippen LogP contribution in [0.25, 0.3) is 0 Å². The van der Waals surface area contributed by atoms with Crippen molar-refractivity contribution >= 4 is 162 Å². The van der Waals surface area contributed by atoms with E-state index in [4.69, 9.17) is 38.5 Å². The Morgan fingerprint density at radius 2 is 0.562 bits per heavy atom. The van der Waals surface area contributed by atoms with Gasteiger partial charge >= 0.3 is 162 Å². The van der Waals surface area contributed by atoms with E-state index in [9.17, 15) is 0 Å². The van der Waals surface area contributed by atoms with E-state index in [1.54, 1.807) is 0 Å². The average molecular weight is 934 g/mol. The maximum absolute atomic E-state index is 8.88. The van der Waals surface area contributed by atoms with Gasteiger partial charge in [-0.25, -0.2) is 9.13 Å². The molecule has 0 aliphatic heterocycles. The molecule has 99 valence electrons. The van der Waals surface area contributed by atoms with Crippen LogP contribution in [-0.2, 0) is 9.13 Å². The van der Waals surface area contributed by atoms with Gasteiger partial charge in [0.15, 0.2) is 0 Å². The fourth-order valence-electron chi connectivity index (χ4n) is 0. The molecule has 0 heterocycles. The molecule has 0 fully saturated rings. The summed E-state index contributed by atoms with van der Waals surface area (Å²) in [6, 6.07) is 0. The second-order valence-electron chi connectivity index (χ2n) is 1.03. The molecule has 0 amide bonds. The summed E-state index contributed by atoms with van der Waals surface area (Å²) in [6.07, 6.45) is 0. The van der Waals surface area contributed by atoms with E-state index >= 15 is 0 Å². The van der Waals surface area contributed by atoms with Gasteiger partial charge < -0.3 is 29.4 Å². The van der Waals surface area contributed by atoms with Crippen LogP contribution in [-0.4, -0.2) is 176 Å². The summed E-state index contributed by atoms with van der Waals surface area (Å²) in [5.41, 5.74) is 0. The minimum atomic E-state index is -4.64. The minimum Gasteiger partial charge on any atom is 0 e. The van der Waals surface area contributed by atoms with Gasteiger partial charge in [0.25, 0.3) is 0 Å². The topological polar surface area (TPSA) is 156 Å². The normalized spacial score (nSPS) is 7.38. The van der Waals surface area contributed by atoms with Gasteiger partial charge in [-0.1, -0.05) is 0 Å². The Hall–Kier alpha value is 9.48. The van der Waals surface area contributed by atoms with Crippen LogP contribution in [0.2, 0.25) is 0 Å². The Morgan fingerprint density at radius 3 is 0.562 bits per heavy atom. The molecule has 16 heavy (non-hydrogen) atoms. The molecule has 0 saturated heterocycles. The van der Waals surface area contributed by atoms with Crippen molar-refractivity contribution in [2.75, 3.05) is 0 Å². The molecule has 8 nitrogen and oxygen atoms in total. The number of hydrogen-bond donors (Lipinski definition) is 6. The molecule has 0 bridgehead atoms. The molecule has 0 aliphatic carbocycles. The first kappa shape index (κ1) is 50.0. The molecular weight excluding hydrogens is 921 g/mol.